The van der Waals surface area contributed by atoms with Crippen molar-refractivity contribution in [2.45, 2.75) is 39.2 Å². The van der Waals surface area contributed by atoms with Gasteiger partial charge in [-0.3, -0.25) is 15.0 Å². The third-order valence-electron chi connectivity index (χ3n) is 3.19. The van der Waals surface area contributed by atoms with Crippen LogP contribution in [0.4, 0.5) is 10.5 Å². The molecule has 0 fully saturated rings. The Kier molecular flexibility index (Phi) is 4.94. The monoisotopic (exact) mass is 336 g/mol. The maximum Gasteiger partial charge on any atom is 0.412 e. The minimum Gasteiger partial charge on any atom is -0.444 e. The normalized spacial score (nSPS) is 11.4. The summed E-state index contributed by atoms with van der Waals surface area (Å²) in [7, 11) is 1.84. The highest BCUT2D eigenvalue weighted by atomic mass is 35.5. The molecule has 124 valence electrons. The van der Waals surface area contributed by atoms with E-state index in [1.165, 1.54) is 0 Å². The van der Waals surface area contributed by atoms with Gasteiger partial charge in [0.2, 0.25) is 0 Å². The molecule has 0 spiro atoms. The molecule has 2 aromatic rings. The van der Waals surface area contributed by atoms with Crippen molar-refractivity contribution in [2.75, 3.05) is 5.32 Å². The average molecular weight is 337 g/mol. The average Bonchev–Trinajstić information content (AvgIpc) is 2.80. The largest absolute Gasteiger partial charge is 0.444 e. The van der Waals surface area contributed by atoms with Gasteiger partial charge in [0.25, 0.3) is 0 Å². The smallest absolute Gasteiger partial charge is 0.412 e. The fourth-order valence-corrected chi connectivity index (χ4v) is 2.41. The van der Waals surface area contributed by atoms with Gasteiger partial charge in [0.05, 0.1) is 34.8 Å². The first-order valence-electron chi connectivity index (χ1n) is 7.26. The predicted octanol–water partition coefficient (Wildman–Crippen LogP) is 3.88. The molecule has 0 unspecified atom stereocenters. The van der Waals surface area contributed by atoms with E-state index in [1.54, 1.807) is 16.9 Å². The third-order valence-corrected chi connectivity index (χ3v) is 3.44. The second-order valence-electron chi connectivity index (χ2n) is 6.22. The molecule has 6 nitrogen and oxygen atoms in total. The Morgan fingerprint density at radius 2 is 2.09 bits per heavy atom. The fraction of sp³-hybridized carbons (Fsp3) is 0.438. The number of pyridine rings is 1. The molecule has 2 rings (SSSR count). The third kappa shape index (κ3) is 4.22. The van der Waals surface area contributed by atoms with Crippen LogP contribution in [-0.2, 0) is 17.7 Å². The number of aryl methyl sites for hydroxylation is 2. The number of carbonyl (C=O) groups excluding carboxylic acids is 1. The van der Waals surface area contributed by atoms with E-state index in [1.807, 2.05) is 40.8 Å². The van der Waals surface area contributed by atoms with Crippen LogP contribution in [-0.4, -0.2) is 26.5 Å². The van der Waals surface area contributed by atoms with Crippen LogP contribution in [0.25, 0.3) is 11.3 Å². The summed E-state index contributed by atoms with van der Waals surface area (Å²) in [6, 6.07) is 3.62. The Bertz CT molecular complexity index is 719. The number of nitrogens with one attached hydrogen (secondary N) is 1. The highest BCUT2D eigenvalue weighted by molar-refractivity contribution is 6.17. The van der Waals surface area contributed by atoms with E-state index in [0.29, 0.717) is 17.3 Å². The zero-order valence-electron chi connectivity index (χ0n) is 14.0. The van der Waals surface area contributed by atoms with E-state index >= 15 is 0 Å². The first kappa shape index (κ1) is 17.3. The first-order valence-corrected chi connectivity index (χ1v) is 7.79. The predicted molar refractivity (Wildman–Crippen MR) is 90.6 cm³/mol. The first-order chi connectivity index (χ1) is 10.7. The van der Waals surface area contributed by atoms with Gasteiger partial charge in [-0.05, 0) is 39.8 Å². The highest BCUT2D eigenvalue weighted by Gasteiger charge is 2.18. The lowest BCUT2D eigenvalue weighted by molar-refractivity contribution is 0.0635. The molecule has 0 radical (unpaired) electrons. The summed E-state index contributed by atoms with van der Waals surface area (Å²) < 4.78 is 6.97. The molecule has 2 heterocycles. The van der Waals surface area contributed by atoms with Crippen LogP contribution in [0.2, 0.25) is 0 Å². The fourth-order valence-electron chi connectivity index (χ4n) is 2.09. The molecule has 0 bridgehead atoms. The van der Waals surface area contributed by atoms with Gasteiger partial charge in [-0.2, -0.15) is 5.10 Å². The van der Waals surface area contributed by atoms with Gasteiger partial charge in [0.15, 0.2) is 0 Å². The van der Waals surface area contributed by atoms with Crippen LogP contribution in [0.1, 0.15) is 32.2 Å². The van der Waals surface area contributed by atoms with Gasteiger partial charge in [-0.15, -0.1) is 11.6 Å². The Labute approximate surface area is 140 Å². The Hall–Kier alpha value is -2.08. The van der Waals surface area contributed by atoms with E-state index in [4.69, 9.17) is 16.3 Å². The maximum absolute atomic E-state index is 11.8. The van der Waals surface area contributed by atoms with Crippen molar-refractivity contribution < 1.29 is 9.53 Å². The van der Waals surface area contributed by atoms with Gasteiger partial charge < -0.3 is 4.74 Å². The lowest BCUT2D eigenvalue weighted by Crippen LogP contribution is -2.27. The standard InChI is InChI=1S/C16H21ClN4O2/c1-10-12(20-15(22)23-16(2,3)4)6-7-13(19-10)11-9-18-21(5)14(11)8-17/h6-7,9H,8H2,1-5H3,(H,20,22). The van der Waals surface area contributed by atoms with Crippen molar-refractivity contribution in [1.82, 2.24) is 14.8 Å². The number of alkyl halides is 1. The molecule has 0 aliphatic rings. The van der Waals surface area contributed by atoms with Crippen LogP contribution in [0.15, 0.2) is 18.3 Å². The van der Waals surface area contributed by atoms with Gasteiger partial charge in [-0.1, -0.05) is 0 Å². The molecule has 1 N–H and O–H groups in total. The van der Waals surface area contributed by atoms with E-state index in [0.717, 1.165) is 17.0 Å². The van der Waals surface area contributed by atoms with Crippen molar-refractivity contribution in [3.8, 4) is 11.3 Å². The quantitative estimate of drug-likeness (QED) is 0.864. The molecule has 23 heavy (non-hydrogen) atoms. The minimum absolute atomic E-state index is 0.352. The Balaban J connectivity index is 2.23. The molecule has 0 saturated heterocycles. The number of amides is 1. The summed E-state index contributed by atoms with van der Waals surface area (Å²) in [4.78, 5) is 16.4. The second-order valence-corrected chi connectivity index (χ2v) is 6.49. The zero-order valence-corrected chi connectivity index (χ0v) is 14.7. The number of carbonyl (C=O) groups is 1. The number of ether oxygens (including phenoxy) is 1. The van der Waals surface area contributed by atoms with Gasteiger partial charge in [-0.25, -0.2) is 4.79 Å². The molecule has 0 aromatic carbocycles. The molecule has 7 heteroatoms. The Morgan fingerprint density at radius 3 is 2.65 bits per heavy atom. The van der Waals surface area contributed by atoms with Crippen molar-refractivity contribution >= 4 is 23.4 Å². The van der Waals surface area contributed by atoms with E-state index in [-0.39, 0.29) is 0 Å². The van der Waals surface area contributed by atoms with Crippen LogP contribution in [0.3, 0.4) is 0 Å². The number of anilines is 1. The summed E-state index contributed by atoms with van der Waals surface area (Å²) in [5.74, 6) is 0.352. The number of halogens is 1. The van der Waals surface area contributed by atoms with Crippen LogP contribution in [0.5, 0.6) is 0 Å². The van der Waals surface area contributed by atoms with E-state index < -0.39 is 11.7 Å². The van der Waals surface area contributed by atoms with Gasteiger partial charge >= 0.3 is 6.09 Å². The minimum atomic E-state index is -0.545. The summed E-state index contributed by atoms with van der Waals surface area (Å²) in [5, 5.41) is 6.92. The van der Waals surface area contributed by atoms with Crippen LogP contribution in [0, 0.1) is 6.92 Å². The molecule has 0 aliphatic heterocycles. The highest BCUT2D eigenvalue weighted by Crippen LogP contribution is 2.25. The summed E-state index contributed by atoms with van der Waals surface area (Å²) in [5.41, 5.74) is 3.30. The molecular weight excluding hydrogens is 316 g/mol. The molecule has 0 atom stereocenters. The maximum atomic E-state index is 11.8. The molecule has 0 aliphatic carbocycles. The number of aromatic nitrogens is 3. The van der Waals surface area contributed by atoms with Crippen LogP contribution < -0.4 is 5.32 Å². The number of hydrogen-bond acceptors (Lipinski definition) is 4. The Morgan fingerprint density at radius 1 is 1.39 bits per heavy atom. The van der Waals surface area contributed by atoms with Crippen molar-refractivity contribution in [3.05, 3.63) is 29.7 Å². The zero-order chi connectivity index (χ0) is 17.2. The summed E-state index contributed by atoms with van der Waals surface area (Å²) in [6.45, 7) is 7.28. The molecule has 1 amide bonds. The molecular formula is C16H21ClN4O2. The van der Waals surface area contributed by atoms with Crippen LogP contribution >= 0.6 is 11.6 Å². The molecule has 2 aromatic heterocycles. The van der Waals surface area contributed by atoms with Crippen molar-refractivity contribution in [1.29, 1.82) is 0 Å². The number of nitrogens with zero attached hydrogens (tertiary/aromatic N) is 3. The van der Waals surface area contributed by atoms with E-state index in [9.17, 15) is 4.79 Å². The lowest BCUT2D eigenvalue weighted by atomic mass is 10.1. The van der Waals surface area contributed by atoms with Gasteiger partial charge in [0.1, 0.15) is 5.60 Å². The number of rotatable bonds is 3. The summed E-state index contributed by atoms with van der Waals surface area (Å²) >= 11 is 5.97. The SMILES string of the molecule is Cc1nc(-c2cnn(C)c2CCl)ccc1NC(=O)OC(C)(C)C. The van der Waals surface area contributed by atoms with Crippen molar-refractivity contribution in [2.24, 2.45) is 7.05 Å². The topological polar surface area (TPSA) is 69.0 Å². The van der Waals surface area contributed by atoms with E-state index in [2.05, 4.69) is 15.4 Å². The second kappa shape index (κ2) is 6.58. The van der Waals surface area contributed by atoms with Crippen molar-refractivity contribution in [3.63, 3.8) is 0 Å². The number of hydrogen-bond donors (Lipinski definition) is 1. The van der Waals surface area contributed by atoms with Gasteiger partial charge in [0, 0.05) is 12.6 Å². The lowest BCUT2D eigenvalue weighted by Gasteiger charge is -2.20. The molecule has 0 saturated carbocycles. The summed E-state index contributed by atoms with van der Waals surface area (Å²) in [6.07, 6.45) is 1.23.